The summed E-state index contributed by atoms with van der Waals surface area (Å²) in [5, 5.41) is 22.0. The number of fused-ring (bicyclic) bond motifs is 1. The number of aromatic hydroxyl groups is 1. The van der Waals surface area contributed by atoms with Crippen molar-refractivity contribution in [2.45, 2.75) is 6.42 Å². The van der Waals surface area contributed by atoms with E-state index >= 15 is 0 Å². The molecule has 2 aromatic rings. The largest absolute Gasteiger partial charge is 0.508 e. The number of hydrogen-bond donors (Lipinski definition) is 2. The van der Waals surface area contributed by atoms with Crippen molar-refractivity contribution in [3.05, 3.63) is 70.5 Å². The van der Waals surface area contributed by atoms with Crippen molar-refractivity contribution >= 4 is 11.8 Å². The minimum absolute atomic E-state index is 0.132. The molecule has 0 radical (unpaired) electrons. The Kier molecular flexibility index (Phi) is 2.99. The van der Waals surface area contributed by atoms with Gasteiger partial charge in [-0.1, -0.05) is 23.4 Å². The fourth-order valence-electron chi connectivity index (χ4n) is 2.40. The van der Waals surface area contributed by atoms with E-state index in [-0.39, 0.29) is 11.6 Å². The van der Waals surface area contributed by atoms with Crippen LogP contribution in [0.3, 0.4) is 0 Å². The van der Waals surface area contributed by atoms with Gasteiger partial charge in [-0.05, 0) is 47.0 Å². The number of nitrogens with zero attached hydrogens (tertiary/aromatic N) is 1. The van der Waals surface area contributed by atoms with Crippen LogP contribution >= 0.6 is 0 Å². The van der Waals surface area contributed by atoms with Gasteiger partial charge in [0.2, 0.25) is 0 Å². The van der Waals surface area contributed by atoms with Crippen molar-refractivity contribution in [3.8, 4) is 5.75 Å². The maximum absolute atomic E-state index is 12.9. The summed E-state index contributed by atoms with van der Waals surface area (Å²) in [7, 11) is 0. The van der Waals surface area contributed by atoms with Crippen molar-refractivity contribution in [1.29, 1.82) is 0 Å². The molecule has 0 bridgehead atoms. The van der Waals surface area contributed by atoms with Gasteiger partial charge in [-0.25, -0.2) is 4.39 Å². The molecule has 0 unspecified atom stereocenters. The monoisotopic (exact) mass is 269 g/mol. The Morgan fingerprint density at radius 3 is 2.55 bits per heavy atom. The van der Waals surface area contributed by atoms with E-state index in [4.69, 9.17) is 0 Å². The Morgan fingerprint density at radius 2 is 1.85 bits per heavy atom. The smallest absolute Gasteiger partial charge is 0.123 e. The average molecular weight is 269 g/mol. The molecule has 0 aliphatic heterocycles. The number of phenols is 1. The van der Waals surface area contributed by atoms with Gasteiger partial charge >= 0.3 is 0 Å². The molecule has 3 nitrogen and oxygen atoms in total. The van der Waals surface area contributed by atoms with Gasteiger partial charge in [-0.2, -0.15) is 0 Å². The van der Waals surface area contributed by atoms with Crippen molar-refractivity contribution in [1.82, 2.24) is 0 Å². The molecule has 2 aromatic carbocycles. The highest BCUT2D eigenvalue weighted by Gasteiger charge is 2.23. The lowest BCUT2D eigenvalue weighted by atomic mass is 10.1. The summed E-state index contributed by atoms with van der Waals surface area (Å²) in [5.74, 6) is -0.157. The lowest BCUT2D eigenvalue weighted by Gasteiger charge is -2.00. The molecule has 0 heterocycles. The van der Waals surface area contributed by atoms with E-state index in [2.05, 4.69) is 5.16 Å². The zero-order chi connectivity index (χ0) is 14.1. The van der Waals surface area contributed by atoms with E-state index in [0.717, 1.165) is 22.3 Å². The predicted octanol–water partition coefficient (Wildman–Crippen LogP) is 3.35. The minimum atomic E-state index is -0.289. The van der Waals surface area contributed by atoms with Crippen LogP contribution in [0.1, 0.15) is 16.7 Å². The highest BCUT2D eigenvalue weighted by molar-refractivity contribution is 6.18. The normalized spacial score (nSPS) is 17.6. The molecule has 1 aliphatic carbocycles. The van der Waals surface area contributed by atoms with E-state index in [1.54, 1.807) is 30.3 Å². The zero-order valence-electron chi connectivity index (χ0n) is 10.5. The summed E-state index contributed by atoms with van der Waals surface area (Å²) >= 11 is 0. The van der Waals surface area contributed by atoms with Crippen LogP contribution in [0.15, 0.2) is 53.2 Å². The Bertz CT molecular complexity index is 718. The topological polar surface area (TPSA) is 52.8 Å². The second-order valence-corrected chi connectivity index (χ2v) is 4.69. The fraction of sp³-hybridized carbons (Fsp3) is 0.0625. The van der Waals surface area contributed by atoms with Crippen LogP contribution in [0.4, 0.5) is 4.39 Å². The minimum Gasteiger partial charge on any atom is -0.508 e. The van der Waals surface area contributed by atoms with E-state index < -0.39 is 0 Å². The predicted molar refractivity (Wildman–Crippen MR) is 74.5 cm³/mol. The van der Waals surface area contributed by atoms with Crippen LogP contribution in [-0.2, 0) is 6.42 Å². The molecule has 4 heteroatoms. The van der Waals surface area contributed by atoms with Gasteiger partial charge in [-0.3, -0.25) is 0 Å². The summed E-state index contributed by atoms with van der Waals surface area (Å²) in [4.78, 5) is 0. The Balaban J connectivity index is 2.03. The summed E-state index contributed by atoms with van der Waals surface area (Å²) in [6.45, 7) is 0. The molecule has 20 heavy (non-hydrogen) atoms. The van der Waals surface area contributed by atoms with E-state index in [1.807, 2.05) is 6.08 Å². The quantitative estimate of drug-likeness (QED) is 0.616. The summed E-state index contributed by atoms with van der Waals surface area (Å²) in [6.07, 6.45) is 2.47. The van der Waals surface area contributed by atoms with Crippen LogP contribution in [0.25, 0.3) is 6.08 Å². The van der Waals surface area contributed by atoms with Crippen LogP contribution in [0.2, 0.25) is 0 Å². The van der Waals surface area contributed by atoms with Crippen molar-refractivity contribution in [3.63, 3.8) is 0 Å². The first-order chi connectivity index (χ1) is 9.67. The van der Waals surface area contributed by atoms with Gasteiger partial charge in [0.1, 0.15) is 17.3 Å². The number of allylic oxidation sites excluding steroid dienone is 1. The van der Waals surface area contributed by atoms with Crippen LogP contribution in [0.5, 0.6) is 5.75 Å². The third kappa shape index (κ3) is 2.16. The first-order valence-electron chi connectivity index (χ1n) is 6.18. The first-order valence-corrected chi connectivity index (χ1v) is 6.18. The molecule has 0 spiro atoms. The molecule has 1 aliphatic rings. The molecule has 0 amide bonds. The molecule has 0 fully saturated rings. The van der Waals surface area contributed by atoms with Crippen molar-refractivity contribution in [2.24, 2.45) is 5.16 Å². The van der Waals surface area contributed by atoms with Gasteiger partial charge in [0.05, 0.1) is 0 Å². The maximum atomic E-state index is 12.9. The lowest BCUT2D eigenvalue weighted by molar-refractivity contribution is 0.319. The van der Waals surface area contributed by atoms with Crippen molar-refractivity contribution in [2.75, 3.05) is 0 Å². The third-order valence-electron chi connectivity index (χ3n) is 3.34. The summed E-state index contributed by atoms with van der Waals surface area (Å²) in [5.41, 5.74) is 3.82. The van der Waals surface area contributed by atoms with Gasteiger partial charge in [0.25, 0.3) is 0 Å². The van der Waals surface area contributed by atoms with Gasteiger partial charge in [0.15, 0.2) is 0 Å². The fourth-order valence-corrected chi connectivity index (χ4v) is 2.40. The van der Waals surface area contributed by atoms with Gasteiger partial charge in [0, 0.05) is 12.0 Å². The Labute approximate surface area is 115 Å². The van der Waals surface area contributed by atoms with Gasteiger partial charge in [-0.15, -0.1) is 0 Å². The second kappa shape index (κ2) is 4.81. The van der Waals surface area contributed by atoms with Crippen molar-refractivity contribution < 1.29 is 14.7 Å². The number of hydrogen-bond acceptors (Lipinski definition) is 3. The molecule has 100 valence electrons. The molecule has 3 rings (SSSR count). The molecular formula is C16H12FNO2. The number of rotatable bonds is 1. The number of oxime groups is 1. The maximum Gasteiger partial charge on any atom is 0.123 e. The average Bonchev–Trinajstić information content (AvgIpc) is 2.78. The Morgan fingerprint density at radius 1 is 1.10 bits per heavy atom. The first kappa shape index (κ1) is 12.4. The number of phenolic OH excluding ortho intramolecular Hbond substituents is 1. The zero-order valence-corrected chi connectivity index (χ0v) is 10.5. The highest BCUT2D eigenvalue weighted by Crippen LogP contribution is 2.30. The number of benzene rings is 2. The Hall–Kier alpha value is -2.62. The lowest BCUT2D eigenvalue weighted by Crippen LogP contribution is -1.98. The molecule has 2 N–H and O–H groups in total. The molecule has 0 saturated carbocycles. The van der Waals surface area contributed by atoms with Gasteiger partial charge < -0.3 is 10.3 Å². The van der Waals surface area contributed by atoms with Crippen LogP contribution in [0, 0.1) is 5.82 Å². The SMILES string of the molecule is ON=C1/C(=C/c2ccc(F)cc2)Cc2ccc(O)cc21. The standard InChI is InChI=1S/C16H12FNO2/c17-13-4-1-10(2-5-13)7-12-8-11-3-6-14(19)9-15(11)16(12)18-20/h1-7,9,19-20H,8H2/b12-7+,18-16?. The summed E-state index contributed by atoms with van der Waals surface area (Å²) in [6, 6.07) is 11.1. The third-order valence-corrected chi connectivity index (χ3v) is 3.34. The molecule has 0 saturated heterocycles. The van der Waals surface area contributed by atoms with Crippen LogP contribution < -0.4 is 0 Å². The van der Waals surface area contributed by atoms with E-state index in [1.165, 1.54) is 12.1 Å². The molecular weight excluding hydrogens is 257 g/mol. The molecule has 0 aromatic heterocycles. The second-order valence-electron chi connectivity index (χ2n) is 4.69. The molecule has 0 atom stereocenters. The highest BCUT2D eigenvalue weighted by atomic mass is 19.1. The number of halogens is 1. The van der Waals surface area contributed by atoms with Crippen LogP contribution in [-0.4, -0.2) is 16.0 Å². The summed E-state index contributed by atoms with van der Waals surface area (Å²) < 4.78 is 12.9. The van der Waals surface area contributed by atoms with E-state index in [9.17, 15) is 14.7 Å². The van der Waals surface area contributed by atoms with E-state index in [0.29, 0.717) is 12.1 Å².